The van der Waals surface area contributed by atoms with E-state index in [2.05, 4.69) is 5.32 Å². The first-order chi connectivity index (χ1) is 19.0. The Bertz CT molecular complexity index is 1480. The maximum Gasteiger partial charge on any atom is 0.270 e. The largest absolute Gasteiger partial charge is 0.489 e. The van der Waals surface area contributed by atoms with E-state index < -0.39 is 11.8 Å². The van der Waals surface area contributed by atoms with E-state index in [0.29, 0.717) is 41.0 Å². The van der Waals surface area contributed by atoms with Gasteiger partial charge in [-0.1, -0.05) is 72.3 Å². The van der Waals surface area contributed by atoms with Crippen molar-refractivity contribution in [2.45, 2.75) is 13.2 Å². The molecule has 8 heteroatoms. The van der Waals surface area contributed by atoms with Crippen LogP contribution in [0.2, 0.25) is 5.02 Å². The summed E-state index contributed by atoms with van der Waals surface area (Å²) in [6.45, 7) is 0.689. The Morgan fingerprint density at radius 3 is 1.85 bits per heavy atom. The monoisotopic (exact) mass is 554 g/mol. The van der Waals surface area contributed by atoms with E-state index in [0.717, 1.165) is 11.1 Å². The summed E-state index contributed by atoms with van der Waals surface area (Å²) in [5, 5.41) is 3.11. The first-order valence-corrected chi connectivity index (χ1v) is 12.9. The molecule has 2 amide bonds. The Morgan fingerprint density at radius 1 is 0.769 bits per heavy atom. The molecule has 0 saturated carbocycles. The number of rotatable bonds is 8. The summed E-state index contributed by atoms with van der Waals surface area (Å²) in [6.07, 6.45) is 1.51. The van der Waals surface area contributed by atoms with Crippen molar-refractivity contribution in [2.75, 3.05) is 4.90 Å². The highest BCUT2D eigenvalue weighted by Crippen LogP contribution is 2.28. The smallest absolute Gasteiger partial charge is 0.270 e. The number of thiocarbonyl (C=S) groups is 1. The Kier molecular flexibility index (Phi) is 8.01. The van der Waals surface area contributed by atoms with Crippen LogP contribution >= 0.6 is 23.8 Å². The first-order valence-electron chi connectivity index (χ1n) is 12.1. The van der Waals surface area contributed by atoms with Gasteiger partial charge in [-0.2, -0.15) is 0 Å². The summed E-state index contributed by atoms with van der Waals surface area (Å²) in [5.41, 5.74) is 2.98. The van der Waals surface area contributed by atoms with Crippen LogP contribution in [0.3, 0.4) is 0 Å². The first kappa shape index (κ1) is 26.2. The summed E-state index contributed by atoms with van der Waals surface area (Å²) in [6, 6.07) is 31.5. The number of hydrogen-bond acceptors (Lipinski definition) is 5. The highest BCUT2D eigenvalue weighted by Gasteiger charge is 2.34. The van der Waals surface area contributed by atoms with Crippen molar-refractivity contribution >= 4 is 52.5 Å². The lowest BCUT2D eigenvalue weighted by Gasteiger charge is -2.29. The molecule has 4 aromatic rings. The van der Waals surface area contributed by atoms with Crippen molar-refractivity contribution in [1.82, 2.24) is 5.32 Å². The van der Waals surface area contributed by atoms with Gasteiger partial charge in [-0.3, -0.25) is 19.8 Å². The van der Waals surface area contributed by atoms with Crippen molar-refractivity contribution in [1.29, 1.82) is 0 Å². The standard InChI is InChI=1S/C31H23ClN2O4S/c32-24-11-13-25(14-12-24)34-30(36)28(29(35)33-31(34)39)17-23-15-26(37-19-21-7-3-1-4-8-21)18-27(16-23)38-20-22-9-5-2-6-10-22/h1-18H,19-20H2,(H,33,35,39). The number of hydrogen-bond donors (Lipinski definition) is 1. The van der Waals surface area contributed by atoms with Gasteiger partial charge in [-0.05, 0) is 71.4 Å². The van der Waals surface area contributed by atoms with E-state index in [-0.39, 0.29) is 10.7 Å². The highest BCUT2D eigenvalue weighted by atomic mass is 35.5. The number of carbonyl (C=O) groups excluding carboxylic acids is 2. The average molecular weight is 555 g/mol. The number of nitrogens with one attached hydrogen (secondary N) is 1. The summed E-state index contributed by atoms with van der Waals surface area (Å²) in [7, 11) is 0. The fraction of sp³-hybridized carbons (Fsp3) is 0.0645. The van der Waals surface area contributed by atoms with Crippen LogP contribution < -0.4 is 19.7 Å². The maximum atomic E-state index is 13.4. The van der Waals surface area contributed by atoms with Gasteiger partial charge in [0, 0.05) is 11.1 Å². The SMILES string of the molecule is O=C1NC(=S)N(c2ccc(Cl)cc2)C(=O)C1=Cc1cc(OCc2ccccc2)cc(OCc2ccccc2)c1. The van der Waals surface area contributed by atoms with Crippen LogP contribution in [0.4, 0.5) is 5.69 Å². The van der Waals surface area contributed by atoms with E-state index in [4.69, 9.17) is 33.3 Å². The number of ether oxygens (including phenoxy) is 2. The third-order valence-corrected chi connectivity index (χ3v) is 6.43. The zero-order chi connectivity index (χ0) is 27.2. The molecule has 1 saturated heterocycles. The molecule has 0 aromatic heterocycles. The van der Waals surface area contributed by atoms with Crippen LogP contribution in [-0.4, -0.2) is 16.9 Å². The third-order valence-electron chi connectivity index (χ3n) is 5.90. The second-order valence-corrected chi connectivity index (χ2v) is 9.54. The fourth-order valence-electron chi connectivity index (χ4n) is 3.97. The third kappa shape index (κ3) is 6.52. The number of anilines is 1. The van der Waals surface area contributed by atoms with Gasteiger partial charge in [0.15, 0.2) is 5.11 Å². The molecule has 6 nitrogen and oxygen atoms in total. The Labute approximate surface area is 236 Å². The number of amides is 2. The van der Waals surface area contributed by atoms with E-state index in [9.17, 15) is 9.59 Å². The number of benzene rings is 4. The van der Waals surface area contributed by atoms with Crippen LogP contribution in [0.1, 0.15) is 16.7 Å². The molecule has 0 spiro atoms. The van der Waals surface area contributed by atoms with Crippen LogP contribution in [0, 0.1) is 0 Å². The van der Waals surface area contributed by atoms with Gasteiger partial charge < -0.3 is 9.47 Å². The van der Waals surface area contributed by atoms with Crippen molar-refractivity contribution < 1.29 is 19.1 Å². The molecule has 194 valence electrons. The molecular weight excluding hydrogens is 532 g/mol. The number of halogens is 1. The summed E-state index contributed by atoms with van der Waals surface area (Å²) in [5.74, 6) is -0.0685. The maximum absolute atomic E-state index is 13.4. The molecule has 1 fully saturated rings. The van der Waals surface area contributed by atoms with Gasteiger partial charge >= 0.3 is 0 Å². The molecule has 4 aromatic carbocycles. The van der Waals surface area contributed by atoms with Crippen LogP contribution in [0.15, 0.2) is 109 Å². The lowest BCUT2D eigenvalue weighted by atomic mass is 10.1. The van der Waals surface area contributed by atoms with E-state index >= 15 is 0 Å². The zero-order valence-electron chi connectivity index (χ0n) is 20.7. The molecule has 0 unspecified atom stereocenters. The van der Waals surface area contributed by atoms with E-state index in [1.54, 1.807) is 42.5 Å². The van der Waals surface area contributed by atoms with Crippen LogP contribution in [-0.2, 0) is 22.8 Å². The summed E-state index contributed by atoms with van der Waals surface area (Å²) >= 11 is 11.3. The second-order valence-electron chi connectivity index (χ2n) is 8.72. The fourth-order valence-corrected chi connectivity index (χ4v) is 4.38. The number of carbonyl (C=O) groups is 2. The Morgan fingerprint density at radius 2 is 1.31 bits per heavy atom. The minimum Gasteiger partial charge on any atom is -0.489 e. The Hall–Kier alpha value is -4.46. The highest BCUT2D eigenvalue weighted by molar-refractivity contribution is 7.80. The minimum atomic E-state index is -0.586. The molecule has 5 rings (SSSR count). The lowest BCUT2D eigenvalue weighted by Crippen LogP contribution is -2.54. The summed E-state index contributed by atoms with van der Waals surface area (Å²) in [4.78, 5) is 27.6. The lowest BCUT2D eigenvalue weighted by molar-refractivity contribution is -0.122. The van der Waals surface area contributed by atoms with Crippen molar-refractivity contribution in [2.24, 2.45) is 0 Å². The Balaban J connectivity index is 1.46. The molecule has 0 atom stereocenters. The molecule has 1 heterocycles. The quantitative estimate of drug-likeness (QED) is 0.157. The minimum absolute atomic E-state index is 0.00342. The molecule has 1 aliphatic heterocycles. The van der Waals surface area contributed by atoms with Gasteiger partial charge in [0.1, 0.15) is 30.3 Å². The van der Waals surface area contributed by atoms with Crippen LogP contribution in [0.25, 0.3) is 6.08 Å². The molecule has 39 heavy (non-hydrogen) atoms. The molecular formula is C31H23ClN2O4S. The zero-order valence-corrected chi connectivity index (χ0v) is 22.2. The van der Waals surface area contributed by atoms with Gasteiger partial charge in [-0.15, -0.1) is 0 Å². The van der Waals surface area contributed by atoms with E-state index in [1.165, 1.54) is 11.0 Å². The molecule has 0 aliphatic carbocycles. The van der Waals surface area contributed by atoms with E-state index in [1.807, 2.05) is 60.7 Å². The van der Waals surface area contributed by atoms with Crippen molar-refractivity contribution in [3.05, 3.63) is 130 Å². The van der Waals surface area contributed by atoms with Gasteiger partial charge in [0.05, 0.1) is 5.69 Å². The molecule has 0 bridgehead atoms. The van der Waals surface area contributed by atoms with Crippen molar-refractivity contribution in [3.8, 4) is 11.5 Å². The predicted molar refractivity (Wildman–Crippen MR) is 156 cm³/mol. The van der Waals surface area contributed by atoms with Gasteiger partial charge in [0.2, 0.25) is 0 Å². The number of nitrogens with zero attached hydrogens (tertiary/aromatic N) is 1. The molecule has 1 N–H and O–H groups in total. The average Bonchev–Trinajstić information content (AvgIpc) is 2.95. The summed E-state index contributed by atoms with van der Waals surface area (Å²) < 4.78 is 12.1. The van der Waals surface area contributed by atoms with Crippen molar-refractivity contribution in [3.63, 3.8) is 0 Å². The molecule has 1 aliphatic rings. The second kappa shape index (κ2) is 11.9. The topological polar surface area (TPSA) is 67.9 Å². The molecule has 0 radical (unpaired) electrons. The van der Waals surface area contributed by atoms with Gasteiger partial charge in [-0.25, -0.2) is 0 Å². The predicted octanol–water partition coefficient (Wildman–Crippen LogP) is 6.33. The van der Waals surface area contributed by atoms with Crippen LogP contribution in [0.5, 0.6) is 11.5 Å². The van der Waals surface area contributed by atoms with Gasteiger partial charge in [0.25, 0.3) is 11.8 Å². The normalized spacial score (nSPS) is 14.3.